The molecule has 3 aromatic carbocycles. The molecule has 0 aliphatic heterocycles. The van der Waals surface area contributed by atoms with E-state index in [-0.39, 0.29) is 5.91 Å². The molecule has 146 valence electrons. The summed E-state index contributed by atoms with van der Waals surface area (Å²) in [7, 11) is 0. The van der Waals surface area contributed by atoms with Crippen molar-refractivity contribution in [3.8, 4) is 17.2 Å². The predicted molar refractivity (Wildman–Crippen MR) is 116 cm³/mol. The number of nitrogens with one attached hydrogen (secondary N) is 1. The third-order valence-electron chi connectivity index (χ3n) is 4.84. The quantitative estimate of drug-likeness (QED) is 0.529. The first-order chi connectivity index (χ1) is 14.7. The van der Waals surface area contributed by atoms with Gasteiger partial charge in [0.05, 0.1) is 24.4 Å². The highest BCUT2D eigenvalue weighted by atomic mass is 16.1. The molecule has 1 amide bonds. The Hall–Kier alpha value is -4.17. The van der Waals surface area contributed by atoms with E-state index < -0.39 is 0 Å². The number of amides is 1. The van der Waals surface area contributed by atoms with Crippen molar-refractivity contribution in [1.29, 1.82) is 5.26 Å². The zero-order valence-electron chi connectivity index (χ0n) is 16.3. The molecule has 0 aliphatic carbocycles. The molecule has 0 spiro atoms. The van der Waals surface area contributed by atoms with E-state index in [0.717, 1.165) is 16.7 Å². The summed E-state index contributed by atoms with van der Waals surface area (Å²) in [5.74, 6) is -0.186. The Bertz CT molecular complexity index is 1210. The molecule has 1 heterocycles. The van der Waals surface area contributed by atoms with Gasteiger partial charge in [0, 0.05) is 29.4 Å². The van der Waals surface area contributed by atoms with Gasteiger partial charge in [-0.3, -0.25) is 9.48 Å². The van der Waals surface area contributed by atoms with Gasteiger partial charge in [-0.05, 0) is 23.3 Å². The van der Waals surface area contributed by atoms with Crippen molar-refractivity contribution in [3.05, 3.63) is 114 Å². The van der Waals surface area contributed by atoms with Crippen molar-refractivity contribution in [2.24, 2.45) is 0 Å². The standard InChI is InChI=1S/C25H20N4O/c26-14-21-10-4-5-11-22(21)23-12-6-7-13-24(23)25(30)27-15-20-16-28-29(18-20)17-19-8-2-1-3-9-19/h1-13,16,18H,15,17H2,(H,27,30). The second-order valence-electron chi connectivity index (χ2n) is 6.92. The maximum Gasteiger partial charge on any atom is 0.252 e. The maximum absolute atomic E-state index is 12.9. The Balaban J connectivity index is 1.48. The third kappa shape index (κ3) is 4.29. The summed E-state index contributed by atoms with van der Waals surface area (Å²) in [6, 6.07) is 26.9. The van der Waals surface area contributed by atoms with Crippen molar-refractivity contribution in [1.82, 2.24) is 15.1 Å². The van der Waals surface area contributed by atoms with Gasteiger partial charge in [0.2, 0.25) is 0 Å². The summed E-state index contributed by atoms with van der Waals surface area (Å²) in [4.78, 5) is 12.9. The molecule has 0 atom stereocenters. The average molecular weight is 392 g/mol. The minimum atomic E-state index is -0.186. The van der Waals surface area contributed by atoms with E-state index >= 15 is 0 Å². The van der Waals surface area contributed by atoms with Gasteiger partial charge in [-0.15, -0.1) is 0 Å². The minimum absolute atomic E-state index is 0.186. The number of hydrogen-bond acceptors (Lipinski definition) is 3. The lowest BCUT2D eigenvalue weighted by Gasteiger charge is -2.11. The molecule has 0 bridgehead atoms. The lowest BCUT2D eigenvalue weighted by atomic mass is 9.95. The maximum atomic E-state index is 12.9. The van der Waals surface area contributed by atoms with Crippen LogP contribution in [-0.2, 0) is 13.1 Å². The van der Waals surface area contributed by atoms with Crippen molar-refractivity contribution in [2.45, 2.75) is 13.1 Å². The van der Waals surface area contributed by atoms with Crippen LogP contribution in [0.2, 0.25) is 0 Å². The Morgan fingerprint density at radius 1 is 0.900 bits per heavy atom. The average Bonchev–Trinajstić information content (AvgIpc) is 3.25. The third-order valence-corrected chi connectivity index (χ3v) is 4.84. The summed E-state index contributed by atoms with van der Waals surface area (Å²) in [6.45, 7) is 1.06. The molecule has 1 N–H and O–H groups in total. The molecule has 0 radical (unpaired) electrons. The van der Waals surface area contributed by atoms with Gasteiger partial charge in [-0.2, -0.15) is 10.4 Å². The fourth-order valence-electron chi connectivity index (χ4n) is 3.36. The van der Waals surface area contributed by atoms with Crippen LogP contribution >= 0.6 is 0 Å². The minimum Gasteiger partial charge on any atom is -0.348 e. The van der Waals surface area contributed by atoms with Crippen LogP contribution in [0.15, 0.2) is 91.3 Å². The van der Waals surface area contributed by atoms with E-state index in [0.29, 0.717) is 24.2 Å². The monoisotopic (exact) mass is 392 g/mol. The molecular formula is C25H20N4O. The highest BCUT2D eigenvalue weighted by Crippen LogP contribution is 2.26. The van der Waals surface area contributed by atoms with Crippen molar-refractivity contribution < 1.29 is 4.79 Å². The Morgan fingerprint density at radius 3 is 2.40 bits per heavy atom. The molecule has 4 aromatic rings. The lowest BCUT2D eigenvalue weighted by Crippen LogP contribution is -2.23. The molecule has 0 saturated carbocycles. The van der Waals surface area contributed by atoms with E-state index in [4.69, 9.17) is 0 Å². The smallest absolute Gasteiger partial charge is 0.252 e. The molecule has 0 saturated heterocycles. The van der Waals surface area contributed by atoms with E-state index in [9.17, 15) is 10.1 Å². The largest absolute Gasteiger partial charge is 0.348 e. The van der Waals surface area contributed by atoms with Gasteiger partial charge >= 0.3 is 0 Å². The molecule has 5 nitrogen and oxygen atoms in total. The second kappa shape index (κ2) is 8.89. The number of nitrogens with zero attached hydrogens (tertiary/aromatic N) is 3. The van der Waals surface area contributed by atoms with Crippen LogP contribution in [0, 0.1) is 11.3 Å². The number of carbonyl (C=O) groups excluding carboxylic acids is 1. The van der Waals surface area contributed by atoms with Crippen LogP contribution in [-0.4, -0.2) is 15.7 Å². The van der Waals surface area contributed by atoms with E-state index in [1.807, 2.05) is 65.5 Å². The number of aromatic nitrogens is 2. The van der Waals surface area contributed by atoms with Crippen LogP contribution in [0.5, 0.6) is 0 Å². The van der Waals surface area contributed by atoms with Crippen molar-refractivity contribution in [3.63, 3.8) is 0 Å². The van der Waals surface area contributed by atoms with Gasteiger partial charge in [0.15, 0.2) is 0 Å². The summed E-state index contributed by atoms with van der Waals surface area (Å²) in [5.41, 5.74) is 4.67. The molecule has 30 heavy (non-hydrogen) atoms. The first kappa shape index (κ1) is 19.2. The summed E-state index contributed by atoms with van der Waals surface area (Å²) >= 11 is 0. The van der Waals surface area contributed by atoms with Gasteiger partial charge < -0.3 is 5.32 Å². The molecule has 0 unspecified atom stereocenters. The van der Waals surface area contributed by atoms with E-state index in [1.165, 1.54) is 5.56 Å². The number of rotatable bonds is 6. The fraction of sp³-hybridized carbons (Fsp3) is 0.0800. The van der Waals surface area contributed by atoms with Gasteiger partial charge in [0.1, 0.15) is 0 Å². The van der Waals surface area contributed by atoms with Crippen molar-refractivity contribution in [2.75, 3.05) is 0 Å². The number of carbonyl (C=O) groups is 1. The second-order valence-corrected chi connectivity index (χ2v) is 6.92. The Morgan fingerprint density at radius 2 is 1.60 bits per heavy atom. The number of hydrogen-bond donors (Lipinski definition) is 1. The fourth-order valence-corrected chi connectivity index (χ4v) is 3.36. The SMILES string of the molecule is N#Cc1ccccc1-c1ccccc1C(=O)NCc1cnn(Cc2ccccc2)c1. The number of nitriles is 1. The molecule has 4 rings (SSSR count). The summed E-state index contributed by atoms with van der Waals surface area (Å²) in [6.07, 6.45) is 3.70. The lowest BCUT2D eigenvalue weighted by molar-refractivity contribution is 0.0951. The van der Waals surface area contributed by atoms with Gasteiger partial charge in [0.25, 0.3) is 5.91 Å². The summed E-state index contributed by atoms with van der Waals surface area (Å²) in [5, 5.41) is 16.8. The van der Waals surface area contributed by atoms with Crippen LogP contribution < -0.4 is 5.32 Å². The van der Waals surface area contributed by atoms with E-state index in [2.05, 4.69) is 28.6 Å². The zero-order chi connectivity index (χ0) is 20.8. The van der Waals surface area contributed by atoms with Crippen LogP contribution in [0.4, 0.5) is 0 Å². The van der Waals surface area contributed by atoms with Crippen molar-refractivity contribution >= 4 is 5.91 Å². The highest BCUT2D eigenvalue weighted by molar-refractivity contribution is 6.01. The first-order valence-corrected chi connectivity index (χ1v) is 9.66. The summed E-state index contributed by atoms with van der Waals surface area (Å²) < 4.78 is 1.86. The van der Waals surface area contributed by atoms with Crippen LogP contribution in [0.25, 0.3) is 11.1 Å². The van der Waals surface area contributed by atoms with E-state index in [1.54, 1.807) is 18.3 Å². The highest BCUT2D eigenvalue weighted by Gasteiger charge is 2.14. The van der Waals surface area contributed by atoms with Crippen LogP contribution in [0.3, 0.4) is 0 Å². The van der Waals surface area contributed by atoms with Gasteiger partial charge in [-0.1, -0.05) is 66.7 Å². The Labute approximate surface area is 175 Å². The van der Waals surface area contributed by atoms with Gasteiger partial charge in [-0.25, -0.2) is 0 Å². The predicted octanol–water partition coefficient (Wildman–Crippen LogP) is 4.40. The molecule has 0 aliphatic rings. The Kier molecular flexibility index (Phi) is 5.68. The first-order valence-electron chi connectivity index (χ1n) is 9.66. The molecule has 1 aromatic heterocycles. The normalized spacial score (nSPS) is 10.4. The molecular weight excluding hydrogens is 372 g/mol. The van der Waals surface area contributed by atoms with Crippen LogP contribution in [0.1, 0.15) is 27.0 Å². The number of benzene rings is 3. The topological polar surface area (TPSA) is 70.7 Å². The zero-order valence-corrected chi connectivity index (χ0v) is 16.3. The molecule has 5 heteroatoms. The molecule has 0 fully saturated rings.